The number of benzene rings is 2. The van der Waals surface area contributed by atoms with Gasteiger partial charge in [-0.05, 0) is 36.0 Å². The molecule has 1 aliphatic heterocycles. The first-order valence-corrected chi connectivity index (χ1v) is 11.3. The quantitative estimate of drug-likeness (QED) is 0.505. The van der Waals surface area contributed by atoms with E-state index in [4.69, 9.17) is 9.84 Å². The molecule has 2 aromatic carbocycles. The third-order valence-corrected chi connectivity index (χ3v) is 6.05. The van der Waals surface area contributed by atoms with E-state index in [1.807, 2.05) is 56.3 Å². The van der Waals surface area contributed by atoms with Crippen molar-refractivity contribution >= 4 is 28.4 Å². The molecule has 3 atom stereocenters. The number of nitrogens with one attached hydrogen (secondary N) is 2. The normalized spacial score (nSPS) is 20.4. The van der Waals surface area contributed by atoms with Crippen molar-refractivity contribution in [2.45, 2.75) is 57.3 Å². The average Bonchev–Trinajstić information content (AvgIpc) is 2.81. The molecule has 178 valence electrons. The van der Waals surface area contributed by atoms with Gasteiger partial charge in [0.1, 0.15) is 18.4 Å². The van der Waals surface area contributed by atoms with Crippen LogP contribution in [-0.2, 0) is 24.8 Å². The van der Waals surface area contributed by atoms with E-state index in [9.17, 15) is 18.8 Å². The van der Waals surface area contributed by atoms with Crippen LogP contribution in [0.15, 0.2) is 42.5 Å². The number of fused-ring (bicyclic) bond motifs is 1. The summed E-state index contributed by atoms with van der Waals surface area (Å²) < 4.78 is 19.3. The second-order valence-corrected chi connectivity index (χ2v) is 8.78. The number of hydrogen-bond donors (Lipinski definition) is 3. The molecule has 0 spiro atoms. The molecule has 1 fully saturated rings. The lowest BCUT2D eigenvalue weighted by molar-refractivity contribution is -0.143. The Morgan fingerprint density at radius 3 is 2.48 bits per heavy atom. The summed E-state index contributed by atoms with van der Waals surface area (Å²) in [5.74, 6) is -3.04. The number of ether oxygens (including phenoxy) is 1. The van der Waals surface area contributed by atoms with E-state index in [-0.39, 0.29) is 5.92 Å². The Balaban J connectivity index is 1.95. The Kier molecular flexibility index (Phi) is 8.15. The van der Waals surface area contributed by atoms with Gasteiger partial charge >= 0.3 is 5.97 Å². The first-order valence-electron chi connectivity index (χ1n) is 11.3. The maximum absolute atomic E-state index is 13.2. The van der Waals surface area contributed by atoms with Gasteiger partial charge in [0, 0.05) is 12.2 Å². The molecular formula is C25H31FN2O5. The summed E-state index contributed by atoms with van der Waals surface area (Å²) in [7, 11) is 0. The number of hydrogen-bond acceptors (Lipinski definition) is 5. The molecular weight excluding hydrogens is 427 g/mol. The van der Waals surface area contributed by atoms with E-state index in [1.165, 1.54) is 0 Å². The molecule has 1 heterocycles. The van der Waals surface area contributed by atoms with Gasteiger partial charge in [-0.3, -0.25) is 19.7 Å². The molecule has 1 saturated heterocycles. The smallest absolute Gasteiger partial charge is 0.305 e. The van der Waals surface area contributed by atoms with Crippen LogP contribution in [0, 0.1) is 5.92 Å². The Bertz CT molecular complexity index is 998. The zero-order valence-electron chi connectivity index (χ0n) is 19.0. The van der Waals surface area contributed by atoms with Crippen molar-refractivity contribution in [3.05, 3.63) is 48.0 Å². The molecule has 1 amide bonds. The van der Waals surface area contributed by atoms with Crippen molar-refractivity contribution in [3.8, 4) is 0 Å². The maximum atomic E-state index is 13.2. The monoisotopic (exact) mass is 458 g/mol. The van der Waals surface area contributed by atoms with Crippen LogP contribution in [0.5, 0.6) is 0 Å². The van der Waals surface area contributed by atoms with Crippen molar-refractivity contribution in [1.82, 2.24) is 10.6 Å². The summed E-state index contributed by atoms with van der Waals surface area (Å²) >= 11 is 0. The molecule has 0 radical (unpaired) electrons. The molecule has 2 unspecified atom stereocenters. The average molecular weight is 459 g/mol. The molecule has 0 aliphatic carbocycles. The number of aliphatic carboxylic acids is 1. The van der Waals surface area contributed by atoms with Crippen molar-refractivity contribution in [3.63, 3.8) is 0 Å². The molecule has 0 saturated carbocycles. The van der Waals surface area contributed by atoms with Gasteiger partial charge in [0.15, 0.2) is 5.78 Å². The van der Waals surface area contributed by atoms with Gasteiger partial charge < -0.3 is 15.2 Å². The third kappa shape index (κ3) is 5.75. The van der Waals surface area contributed by atoms with Gasteiger partial charge in [0.25, 0.3) is 0 Å². The van der Waals surface area contributed by atoms with Crippen LogP contribution in [0.25, 0.3) is 10.8 Å². The van der Waals surface area contributed by atoms with E-state index >= 15 is 0 Å². The van der Waals surface area contributed by atoms with Crippen LogP contribution < -0.4 is 10.6 Å². The molecule has 0 aromatic heterocycles. The lowest BCUT2D eigenvalue weighted by atomic mass is 9.88. The predicted octanol–water partition coefficient (Wildman–Crippen LogP) is 3.31. The van der Waals surface area contributed by atoms with Crippen molar-refractivity contribution in [1.29, 1.82) is 0 Å². The summed E-state index contributed by atoms with van der Waals surface area (Å²) in [5.41, 5.74) is -0.0155. The summed E-state index contributed by atoms with van der Waals surface area (Å²) in [6.45, 7) is 2.87. The summed E-state index contributed by atoms with van der Waals surface area (Å²) in [6.07, 6.45) is 1.76. The lowest BCUT2D eigenvalue weighted by Gasteiger charge is -2.42. The minimum atomic E-state index is -1.43. The highest BCUT2D eigenvalue weighted by atomic mass is 19.1. The highest BCUT2D eigenvalue weighted by molar-refractivity contribution is 5.94. The minimum Gasteiger partial charge on any atom is -0.481 e. The van der Waals surface area contributed by atoms with Crippen molar-refractivity contribution in [2.24, 2.45) is 5.92 Å². The van der Waals surface area contributed by atoms with Gasteiger partial charge in [-0.2, -0.15) is 0 Å². The summed E-state index contributed by atoms with van der Waals surface area (Å²) in [5, 5.41) is 17.0. The summed E-state index contributed by atoms with van der Waals surface area (Å²) in [6, 6.07) is 11.7. The first kappa shape index (κ1) is 24.8. The number of carbonyl (C=O) groups is 3. The van der Waals surface area contributed by atoms with Crippen LogP contribution in [0.2, 0.25) is 0 Å². The Hall–Kier alpha value is -2.84. The van der Waals surface area contributed by atoms with E-state index in [2.05, 4.69) is 10.6 Å². The molecule has 3 rings (SSSR count). The molecule has 2 aromatic rings. The fourth-order valence-electron chi connectivity index (χ4n) is 4.34. The molecule has 1 aliphatic rings. The van der Waals surface area contributed by atoms with Gasteiger partial charge in [-0.15, -0.1) is 0 Å². The first-order chi connectivity index (χ1) is 15.8. The minimum absolute atomic E-state index is 0.215. The third-order valence-electron chi connectivity index (χ3n) is 6.05. The predicted molar refractivity (Wildman–Crippen MR) is 122 cm³/mol. The van der Waals surface area contributed by atoms with Crippen LogP contribution in [0.4, 0.5) is 4.39 Å². The fraction of sp³-hybridized carbons (Fsp3) is 0.480. The molecule has 3 N–H and O–H groups in total. The lowest BCUT2D eigenvalue weighted by Crippen LogP contribution is -2.60. The number of amides is 1. The molecule has 0 bridgehead atoms. The van der Waals surface area contributed by atoms with Crippen LogP contribution in [-0.4, -0.2) is 48.1 Å². The van der Waals surface area contributed by atoms with Crippen molar-refractivity contribution in [2.75, 3.05) is 13.3 Å². The number of Topliss-reactive ketones (excluding diaryl/α,β-unsaturated/α-hetero) is 1. The van der Waals surface area contributed by atoms with Crippen LogP contribution in [0.3, 0.4) is 0 Å². The zero-order valence-corrected chi connectivity index (χ0v) is 19.0. The highest BCUT2D eigenvalue weighted by Crippen LogP contribution is 2.37. The Morgan fingerprint density at radius 1 is 1.12 bits per heavy atom. The SMILES string of the molecule is CC(C)[C@H](NC1(c2cccc3ccccc23)CCCCO1)C(=O)NC(CC(=O)O)C(=O)CF. The molecule has 8 heteroatoms. The summed E-state index contributed by atoms with van der Waals surface area (Å²) in [4.78, 5) is 36.2. The number of carboxylic acids is 1. The van der Waals surface area contributed by atoms with E-state index in [0.29, 0.717) is 13.0 Å². The molecule has 7 nitrogen and oxygen atoms in total. The number of ketones is 1. The number of alkyl halides is 1. The van der Waals surface area contributed by atoms with E-state index < -0.39 is 48.6 Å². The van der Waals surface area contributed by atoms with Crippen molar-refractivity contribution < 1.29 is 28.6 Å². The largest absolute Gasteiger partial charge is 0.481 e. The Morgan fingerprint density at radius 2 is 1.85 bits per heavy atom. The number of halogens is 1. The van der Waals surface area contributed by atoms with Crippen LogP contribution >= 0.6 is 0 Å². The van der Waals surface area contributed by atoms with Gasteiger partial charge in [0.2, 0.25) is 5.91 Å². The second kappa shape index (κ2) is 10.9. The number of carbonyl (C=O) groups excluding carboxylic acids is 2. The van der Waals surface area contributed by atoms with Gasteiger partial charge in [0.05, 0.1) is 12.5 Å². The van der Waals surface area contributed by atoms with E-state index in [0.717, 1.165) is 29.2 Å². The van der Waals surface area contributed by atoms with Crippen LogP contribution in [0.1, 0.15) is 45.1 Å². The molecule has 33 heavy (non-hydrogen) atoms. The van der Waals surface area contributed by atoms with Gasteiger partial charge in [-0.25, -0.2) is 4.39 Å². The number of carboxylic acid groups (broad SMARTS) is 1. The topological polar surface area (TPSA) is 105 Å². The maximum Gasteiger partial charge on any atom is 0.305 e. The second-order valence-electron chi connectivity index (χ2n) is 8.78. The Labute approximate surface area is 192 Å². The number of rotatable bonds is 10. The van der Waals surface area contributed by atoms with E-state index in [1.54, 1.807) is 0 Å². The standard InChI is InChI=1S/C25H31FN2O5/c1-16(2)23(24(32)27-20(14-22(30)31)21(29)15-26)28-25(12-5-6-13-33-25)19-11-7-9-17-8-3-4-10-18(17)19/h3-4,7-11,16,20,23,28H,5-6,12-15H2,1-2H3,(H,27,32)(H,30,31)/t20?,23-,25?/m0/s1. The highest BCUT2D eigenvalue weighted by Gasteiger charge is 2.41. The zero-order chi connectivity index (χ0) is 24.0. The fourth-order valence-corrected chi connectivity index (χ4v) is 4.34. The van der Waals surface area contributed by atoms with Gasteiger partial charge in [-0.1, -0.05) is 56.3 Å².